The molecule has 0 amide bonds. The minimum atomic E-state index is -1.73. The number of hydrogen-bond acceptors (Lipinski definition) is 5. The van der Waals surface area contributed by atoms with E-state index in [0.717, 1.165) is 44.5 Å². The zero-order valence-corrected chi connectivity index (χ0v) is 38.6. The van der Waals surface area contributed by atoms with E-state index in [9.17, 15) is 5.26 Å². The van der Waals surface area contributed by atoms with E-state index in [1.807, 2.05) is 36.5 Å². The van der Waals surface area contributed by atoms with Crippen molar-refractivity contribution in [2.75, 3.05) is 0 Å². The van der Waals surface area contributed by atoms with Gasteiger partial charge in [-0.05, 0) is 64.1 Å². The Morgan fingerprint density at radius 2 is 1.57 bits per heavy atom. The van der Waals surface area contributed by atoms with Crippen molar-refractivity contribution in [1.29, 1.82) is 5.26 Å². The topological polar surface area (TPSA) is 80.5 Å². The number of furan rings is 1. The zero-order valence-electron chi connectivity index (χ0n) is 34.1. The van der Waals surface area contributed by atoms with E-state index in [-0.39, 0.29) is 31.9 Å². The van der Waals surface area contributed by atoms with Gasteiger partial charge in [0.1, 0.15) is 11.8 Å². The van der Waals surface area contributed by atoms with E-state index in [1.54, 1.807) is 6.07 Å². The van der Waals surface area contributed by atoms with Crippen LogP contribution in [0.3, 0.4) is 0 Å². The average Bonchev–Trinajstić information content (AvgIpc) is 3.78. The first-order valence-electron chi connectivity index (χ1n) is 19.6. The fourth-order valence-corrected chi connectivity index (χ4v) is 9.76. The number of rotatable bonds is 6. The Labute approximate surface area is 356 Å². The molecule has 8 heteroatoms. The molecular formula is C50H45GeIrN5O-2. The number of pyridine rings is 2. The smallest absolute Gasteiger partial charge is 0 e. The molecule has 0 aliphatic carbocycles. The van der Waals surface area contributed by atoms with Crippen LogP contribution in [0.1, 0.15) is 61.9 Å². The standard InChI is InChI=1S/C35H27N4O.C15H18GeN.Ir/c1-20(2)28-18-22-10-5-6-11-24(22)31(21(3)4)32(28)39-30-15-8-7-14-29(30)38-34(39)27-13-9-12-25-26-17-16-23(19-36)37-35(26)40-33(25)27;1-12-5-7-13(8-6-12)15-10-9-14(11-17-15)16(2,3)4;/h5-12,14-18,20-21H,1-4H3;5-7,9-11H,1-4H3;/q2*-1;. The summed E-state index contributed by atoms with van der Waals surface area (Å²) in [5.74, 6) is 8.47. The van der Waals surface area contributed by atoms with Crippen molar-refractivity contribution >= 4 is 61.5 Å². The predicted octanol–water partition coefficient (Wildman–Crippen LogP) is 12.5. The number of fused-ring (bicyclic) bond motifs is 5. The summed E-state index contributed by atoms with van der Waals surface area (Å²) in [5.41, 5.74) is 11.2. The second-order valence-corrected chi connectivity index (χ2v) is 27.0. The van der Waals surface area contributed by atoms with Gasteiger partial charge in [0.05, 0.1) is 22.4 Å². The molecule has 58 heavy (non-hydrogen) atoms. The van der Waals surface area contributed by atoms with Crippen molar-refractivity contribution < 1.29 is 24.5 Å². The molecule has 291 valence electrons. The Morgan fingerprint density at radius 3 is 2.26 bits per heavy atom. The molecule has 9 rings (SSSR count). The zero-order chi connectivity index (χ0) is 40.0. The molecule has 0 bridgehead atoms. The molecule has 0 atom stereocenters. The van der Waals surface area contributed by atoms with E-state index in [4.69, 9.17) is 9.40 Å². The summed E-state index contributed by atoms with van der Waals surface area (Å²) in [7, 11) is 0. The van der Waals surface area contributed by atoms with Gasteiger partial charge in [-0.2, -0.15) is 5.26 Å². The molecule has 0 aliphatic heterocycles. The van der Waals surface area contributed by atoms with E-state index in [1.165, 1.54) is 37.5 Å². The molecule has 0 N–H and O–H groups in total. The van der Waals surface area contributed by atoms with Gasteiger partial charge in [0.25, 0.3) is 0 Å². The summed E-state index contributed by atoms with van der Waals surface area (Å²) in [6.07, 6.45) is 2.04. The third kappa shape index (κ3) is 7.65. The molecule has 0 spiro atoms. The van der Waals surface area contributed by atoms with Crippen LogP contribution in [0.2, 0.25) is 17.3 Å². The second kappa shape index (κ2) is 16.5. The average molecular weight is 997 g/mol. The molecule has 0 saturated carbocycles. The van der Waals surface area contributed by atoms with Crippen LogP contribution in [0.15, 0.2) is 120 Å². The number of para-hydroxylation sites is 2. The van der Waals surface area contributed by atoms with Crippen LogP contribution in [0.25, 0.3) is 72.2 Å². The summed E-state index contributed by atoms with van der Waals surface area (Å²) in [6.45, 7) is 11.1. The van der Waals surface area contributed by atoms with Crippen LogP contribution in [-0.2, 0) is 20.1 Å². The predicted molar refractivity (Wildman–Crippen MR) is 237 cm³/mol. The summed E-state index contributed by atoms with van der Waals surface area (Å²) >= 11 is -1.73. The van der Waals surface area contributed by atoms with Crippen molar-refractivity contribution in [3.63, 3.8) is 0 Å². The fourth-order valence-electron chi connectivity index (χ4n) is 7.59. The Balaban J connectivity index is 0.000000240. The van der Waals surface area contributed by atoms with E-state index in [2.05, 4.69) is 157 Å². The summed E-state index contributed by atoms with van der Waals surface area (Å²) < 4.78 is 10.1. The van der Waals surface area contributed by atoms with Crippen LogP contribution < -0.4 is 4.40 Å². The van der Waals surface area contributed by atoms with Crippen molar-refractivity contribution in [2.45, 2.75) is 63.7 Å². The van der Waals surface area contributed by atoms with Gasteiger partial charge in [0.2, 0.25) is 5.71 Å². The number of aryl methyl sites for hydroxylation is 1. The summed E-state index contributed by atoms with van der Waals surface area (Å²) in [6, 6.07) is 46.2. The molecule has 0 fully saturated rings. The van der Waals surface area contributed by atoms with Gasteiger partial charge in [-0.25, -0.2) is 4.98 Å². The number of aromatic nitrogens is 4. The Kier molecular flexibility index (Phi) is 11.6. The SMILES string of the molecule is CC(C)c1cc2ccccc2c(C(C)C)c1-n1c(-c2[c-]ccc3c2oc2nc(C#N)ccc23)nc2ccccc21.Cc1c[c-]c(-c2cc[c]([Ge]([CH3])([CH3])[CH3])cn2)cc1.[Ir]. The molecular weight excluding hydrogens is 951 g/mol. The molecule has 5 aromatic carbocycles. The van der Waals surface area contributed by atoms with Gasteiger partial charge in [0, 0.05) is 31.2 Å². The quantitative estimate of drug-likeness (QED) is 0.122. The van der Waals surface area contributed by atoms with Gasteiger partial charge < -0.3 is 8.98 Å². The minimum Gasteiger partial charge on any atom is 0 e. The third-order valence-corrected chi connectivity index (χ3v) is 14.8. The summed E-state index contributed by atoms with van der Waals surface area (Å²) in [5, 5.41) is 13.7. The monoisotopic (exact) mass is 998 g/mol. The van der Waals surface area contributed by atoms with Gasteiger partial charge in [0.15, 0.2) is 0 Å². The molecule has 4 aromatic heterocycles. The van der Waals surface area contributed by atoms with Gasteiger partial charge in [-0.1, -0.05) is 75.0 Å². The van der Waals surface area contributed by atoms with E-state index >= 15 is 0 Å². The van der Waals surface area contributed by atoms with Crippen LogP contribution in [-0.4, -0.2) is 32.8 Å². The van der Waals surface area contributed by atoms with E-state index in [0.29, 0.717) is 17.0 Å². The second-order valence-electron chi connectivity index (χ2n) is 16.3. The van der Waals surface area contributed by atoms with Crippen LogP contribution in [0, 0.1) is 30.4 Å². The maximum Gasteiger partial charge on any atom is 0 e. The number of nitriles is 1. The minimum absolute atomic E-state index is 0. The first kappa shape index (κ1) is 40.8. The van der Waals surface area contributed by atoms with Crippen LogP contribution >= 0.6 is 0 Å². The van der Waals surface area contributed by atoms with Crippen molar-refractivity contribution in [1.82, 2.24) is 19.5 Å². The molecule has 0 unspecified atom stereocenters. The summed E-state index contributed by atoms with van der Waals surface area (Å²) in [4.78, 5) is 14.2. The normalized spacial score (nSPS) is 11.6. The van der Waals surface area contributed by atoms with E-state index < -0.39 is 13.3 Å². The van der Waals surface area contributed by atoms with Crippen molar-refractivity contribution in [2.24, 2.45) is 0 Å². The first-order valence-corrected chi connectivity index (χ1v) is 26.9. The third-order valence-electron chi connectivity index (χ3n) is 10.6. The molecule has 4 heterocycles. The Bertz CT molecular complexity index is 2970. The van der Waals surface area contributed by atoms with Gasteiger partial charge in [-0.3, -0.25) is 4.98 Å². The largest absolute Gasteiger partial charge is 0 e. The maximum atomic E-state index is 9.39. The Morgan fingerprint density at radius 1 is 0.793 bits per heavy atom. The van der Waals surface area contributed by atoms with Crippen LogP contribution in [0.4, 0.5) is 0 Å². The van der Waals surface area contributed by atoms with Gasteiger partial charge >= 0.3 is 106 Å². The molecule has 6 nitrogen and oxygen atoms in total. The molecule has 1 radical (unpaired) electrons. The fraction of sp³-hybridized carbons (Fsp3) is 0.200. The molecule has 9 aromatic rings. The maximum absolute atomic E-state index is 9.39. The number of hydrogen-bond donors (Lipinski definition) is 0. The first-order chi connectivity index (χ1) is 27.4. The Hall–Kier alpha value is -5.39. The van der Waals surface area contributed by atoms with Crippen molar-refractivity contribution in [3.8, 4) is 34.4 Å². The van der Waals surface area contributed by atoms with Crippen molar-refractivity contribution in [3.05, 3.63) is 150 Å². The van der Waals surface area contributed by atoms with Gasteiger partial charge in [-0.15, -0.1) is 18.2 Å². The molecule has 0 saturated heterocycles. The number of nitrogens with zero attached hydrogens (tertiary/aromatic N) is 5. The number of benzene rings is 5. The van der Waals surface area contributed by atoms with Crippen LogP contribution in [0.5, 0.6) is 0 Å². The number of imidazole rings is 1. The molecule has 0 aliphatic rings.